The molecular weight excluding hydrogens is 461 g/mol. The van der Waals surface area contributed by atoms with Crippen LogP contribution in [0.15, 0.2) is 71.6 Å². The van der Waals surface area contributed by atoms with Crippen molar-refractivity contribution in [2.45, 2.75) is 11.8 Å². The molecule has 9 heteroatoms. The monoisotopic (exact) mass is 479 g/mol. The molecule has 0 fully saturated rings. The molecule has 0 aliphatic rings. The number of ether oxygens (including phenoxy) is 2. The molecule has 31 heavy (non-hydrogen) atoms. The van der Waals surface area contributed by atoms with Crippen molar-refractivity contribution in [3.05, 3.63) is 82.3 Å². The van der Waals surface area contributed by atoms with E-state index in [1.807, 2.05) is 0 Å². The van der Waals surface area contributed by atoms with E-state index >= 15 is 0 Å². The Morgan fingerprint density at radius 1 is 0.935 bits per heavy atom. The van der Waals surface area contributed by atoms with E-state index in [2.05, 4.69) is 0 Å². The molecule has 3 rings (SSSR count). The lowest BCUT2D eigenvalue weighted by Crippen LogP contribution is -2.40. The maximum Gasteiger partial charge on any atom is 0.278 e. The van der Waals surface area contributed by atoms with Crippen LogP contribution in [-0.2, 0) is 14.8 Å². The summed E-state index contributed by atoms with van der Waals surface area (Å²) in [5.41, 5.74) is 0.869. The number of methoxy groups -OCH3 is 1. The molecule has 0 atom stereocenters. The maximum atomic E-state index is 13.3. The summed E-state index contributed by atoms with van der Waals surface area (Å²) in [5, 5.41) is 0.907. The molecule has 0 N–H and O–H groups in total. The number of hydrogen-bond donors (Lipinski definition) is 0. The number of nitrogens with zero attached hydrogens (tertiary/aromatic N) is 1. The molecule has 0 saturated carbocycles. The van der Waals surface area contributed by atoms with E-state index in [-0.39, 0.29) is 10.6 Å². The van der Waals surface area contributed by atoms with Crippen LogP contribution in [0.25, 0.3) is 0 Å². The summed E-state index contributed by atoms with van der Waals surface area (Å²) in [6.07, 6.45) is 0. The van der Waals surface area contributed by atoms with Gasteiger partial charge in [-0.15, -0.1) is 0 Å². The van der Waals surface area contributed by atoms with Crippen molar-refractivity contribution in [1.29, 1.82) is 0 Å². The van der Waals surface area contributed by atoms with Gasteiger partial charge in [0.1, 0.15) is 11.5 Å². The third kappa shape index (κ3) is 5.31. The summed E-state index contributed by atoms with van der Waals surface area (Å²) >= 11 is 11.8. The molecule has 0 saturated heterocycles. The van der Waals surface area contributed by atoms with Crippen LogP contribution in [-0.4, -0.2) is 28.0 Å². The molecule has 162 valence electrons. The maximum absolute atomic E-state index is 13.3. The second-order valence-electron chi connectivity index (χ2n) is 6.51. The highest BCUT2D eigenvalue weighted by molar-refractivity contribution is 7.93. The molecular formula is C22H19Cl2NO5S. The van der Waals surface area contributed by atoms with Gasteiger partial charge in [0.05, 0.1) is 17.7 Å². The van der Waals surface area contributed by atoms with Crippen LogP contribution in [0.3, 0.4) is 0 Å². The van der Waals surface area contributed by atoms with Crippen molar-refractivity contribution in [1.82, 2.24) is 0 Å². The first-order valence-electron chi connectivity index (χ1n) is 9.09. The minimum Gasteiger partial charge on any atom is -0.497 e. The minimum atomic E-state index is -4.23. The molecule has 0 aliphatic heterocycles. The van der Waals surface area contributed by atoms with Crippen LogP contribution < -0.4 is 13.8 Å². The number of aryl methyl sites for hydroxylation is 1. The lowest BCUT2D eigenvalue weighted by atomic mass is 10.2. The summed E-state index contributed by atoms with van der Waals surface area (Å²) in [7, 11) is -2.74. The Morgan fingerprint density at radius 2 is 1.55 bits per heavy atom. The quantitative estimate of drug-likeness (QED) is 0.470. The lowest BCUT2D eigenvalue weighted by Gasteiger charge is -2.23. The molecule has 0 aromatic heterocycles. The Morgan fingerprint density at radius 3 is 2.13 bits per heavy atom. The predicted molar refractivity (Wildman–Crippen MR) is 121 cm³/mol. The smallest absolute Gasteiger partial charge is 0.278 e. The van der Waals surface area contributed by atoms with Gasteiger partial charge in [-0.3, -0.25) is 4.79 Å². The van der Waals surface area contributed by atoms with Crippen LogP contribution in [0.5, 0.6) is 11.5 Å². The van der Waals surface area contributed by atoms with Gasteiger partial charge in [0.15, 0.2) is 6.61 Å². The highest BCUT2D eigenvalue weighted by Crippen LogP contribution is 2.28. The average molecular weight is 480 g/mol. The Labute approximate surface area is 191 Å². The Bertz CT molecular complexity index is 1180. The SMILES string of the molecule is COc1ccc(N(C(=O)COc2ccc(Cl)cc2C)S(=O)(=O)c2ccc(Cl)cc2)cc1. The van der Waals surface area contributed by atoms with E-state index in [1.54, 1.807) is 37.3 Å². The zero-order valence-corrected chi connectivity index (χ0v) is 19.0. The van der Waals surface area contributed by atoms with Crippen LogP contribution in [0.4, 0.5) is 5.69 Å². The topological polar surface area (TPSA) is 72.9 Å². The van der Waals surface area contributed by atoms with Crippen molar-refractivity contribution >= 4 is 44.8 Å². The normalized spacial score (nSPS) is 11.1. The number of amides is 1. The van der Waals surface area contributed by atoms with Crippen molar-refractivity contribution in [2.75, 3.05) is 18.0 Å². The van der Waals surface area contributed by atoms with Crippen molar-refractivity contribution in [3.8, 4) is 11.5 Å². The van der Waals surface area contributed by atoms with E-state index in [1.165, 1.54) is 43.5 Å². The van der Waals surface area contributed by atoms with Crippen LogP contribution in [0.2, 0.25) is 10.0 Å². The molecule has 0 spiro atoms. The van der Waals surface area contributed by atoms with Gasteiger partial charge in [-0.25, -0.2) is 8.42 Å². The second kappa shape index (κ2) is 9.60. The van der Waals surface area contributed by atoms with Crippen LogP contribution >= 0.6 is 23.2 Å². The molecule has 0 radical (unpaired) electrons. The molecule has 0 aliphatic carbocycles. The van der Waals surface area contributed by atoms with Gasteiger partial charge < -0.3 is 9.47 Å². The van der Waals surface area contributed by atoms with Crippen molar-refractivity contribution in [3.63, 3.8) is 0 Å². The predicted octanol–water partition coefficient (Wildman–Crippen LogP) is 5.11. The summed E-state index contributed by atoms with van der Waals surface area (Å²) < 4.78 is 38.1. The Balaban J connectivity index is 1.96. The highest BCUT2D eigenvalue weighted by Gasteiger charge is 2.31. The van der Waals surface area contributed by atoms with Gasteiger partial charge in [0, 0.05) is 10.0 Å². The number of carbonyl (C=O) groups excluding carboxylic acids is 1. The Hall–Kier alpha value is -2.74. The zero-order chi connectivity index (χ0) is 22.6. The largest absolute Gasteiger partial charge is 0.497 e. The number of carbonyl (C=O) groups is 1. The third-order valence-corrected chi connectivity index (χ3v) is 6.62. The van der Waals surface area contributed by atoms with Gasteiger partial charge in [-0.2, -0.15) is 4.31 Å². The fourth-order valence-electron chi connectivity index (χ4n) is 2.82. The standard InChI is InChI=1S/C22H19Cl2NO5S/c1-15-13-17(24)5-12-21(15)30-14-22(26)25(18-6-8-19(29-2)9-7-18)31(27,28)20-10-3-16(23)4-11-20/h3-13H,14H2,1-2H3. The summed E-state index contributed by atoms with van der Waals surface area (Å²) in [6.45, 7) is 1.28. The van der Waals surface area contributed by atoms with E-state index in [4.69, 9.17) is 32.7 Å². The Kier molecular flexibility index (Phi) is 7.10. The van der Waals surface area contributed by atoms with Gasteiger partial charge in [-0.05, 0) is 79.2 Å². The number of halogens is 2. The molecule has 0 unspecified atom stereocenters. The first-order valence-corrected chi connectivity index (χ1v) is 11.3. The van der Waals surface area contributed by atoms with Crippen LogP contribution in [0, 0.1) is 6.92 Å². The molecule has 0 heterocycles. The molecule has 0 bridgehead atoms. The number of benzene rings is 3. The fourth-order valence-corrected chi connectivity index (χ4v) is 4.58. The van der Waals surface area contributed by atoms with Gasteiger partial charge in [0.25, 0.3) is 15.9 Å². The molecule has 3 aromatic rings. The lowest BCUT2D eigenvalue weighted by molar-refractivity contribution is -0.119. The molecule has 6 nitrogen and oxygen atoms in total. The molecule has 3 aromatic carbocycles. The van der Waals surface area contributed by atoms with E-state index < -0.39 is 22.5 Å². The van der Waals surface area contributed by atoms with E-state index in [0.717, 1.165) is 5.56 Å². The first kappa shape index (κ1) is 22.9. The summed E-state index contributed by atoms with van der Waals surface area (Å²) in [5.74, 6) is 0.180. The zero-order valence-electron chi connectivity index (χ0n) is 16.7. The highest BCUT2D eigenvalue weighted by atomic mass is 35.5. The summed E-state index contributed by atoms with van der Waals surface area (Å²) in [4.78, 5) is 13.0. The molecule has 1 amide bonds. The van der Waals surface area contributed by atoms with E-state index in [0.29, 0.717) is 25.8 Å². The number of sulfonamides is 1. The van der Waals surface area contributed by atoms with Crippen LogP contribution in [0.1, 0.15) is 5.56 Å². The van der Waals surface area contributed by atoms with Gasteiger partial charge in [0.2, 0.25) is 0 Å². The number of rotatable bonds is 7. The third-order valence-electron chi connectivity index (χ3n) is 4.37. The minimum absolute atomic E-state index is 0.0799. The number of anilines is 1. The number of hydrogen-bond acceptors (Lipinski definition) is 5. The first-order chi connectivity index (χ1) is 14.7. The van der Waals surface area contributed by atoms with Gasteiger partial charge >= 0.3 is 0 Å². The average Bonchev–Trinajstić information content (AvgIpc) is 2.74. The fraction of sp³-hybridized carbons (Fsp3) is 0.136. The summed E-state index contributed by atoms with van der Waals surface area (Å²) in [6, 6.07) is 16.6. The van der Waals surface area contributed by atoms with Crippen molar-refractivity contribution in [2.24, 2.45) is 0 Å². The van der Waals surface area contributed by atoms with Gasteiger partial charge in [-0.1, -0.05) is 23.2 Å². The van der Waals surface area contributed by atoms with Crippen molar-refractivity contribution < 1.29 is 22.7 Å². The second-order valence-corrected chi connectivity index (χ2v) is 9.17. The van der Waals surface area contributed by atoms with E-state index in [9.17, 15) is 13.2 Å².